The van der Waals surface area contributed by atoms with Crippen molar-refractivity contribution in [2.24, 2.45) is 0 Å². The fourth-order valence-electron chi connectivity index (χ4n) is 0.973. The molecule has 0 aliphatic heterocycles. The van der Waals surface area contributed by atoms with Crippen LogP contribution in [0, 0.1) is 0 Å². The number of nitrogens with zero attached hydrogens (tertiary/aromatic N) is 1. The van der Waals surface area contributed by atoms with Gasteiger partial charge in [-0.2, -0.15) is 13.2 Å². The standard InChI is InChI=1S/C8H16F3NO3/c1-12(5-7(14-2)15-3)4-6(13)8(9,10)11/h6-7,13H,4-5H2,1-3H3. The molecule has 0 heterocycles. The number of hydrogen-bond acceptors (Lipinski definition) is 4. The molecule has 92 valence electrons. The van der Waals surface area contributed by atoms with E-state index < -0.39 is 25.1 Å². The molecule has 1 atom stereocenters. The zero-order valence-corrected chi connectivity index (χ0v) is 8.91. The SMILES string of the molecule is COC(CN(C)CC(O)C(F)(F)F)OC. The molecular weight excluding hydrogens is 215 g/mol. The van der Waals surface area contributed by atoms with Crippen LogP contribution in [0.4, 0.5) is 13.2 Å². The number of aliphatic hydroxyl groups is 1. The van der Waals surface area contributed by atoms with Crippen LogP contribution in [0.3, 0.4) is 0 Å². The smallest absolute Gasteiger partial charge is 0.382 e. The number of methoxy groups -OCH3 is 2. The monoisotopic (exact) mass is 231 g/mol. The second kappa shape index (κ2) is 6.26. The zero-order chi connectivity index (χ0) is 12.1. The first-order valence-corrected chi connectivity index (χ1v) is 4.30. The van der Waals surface area contributed by atoms with Crippen LogP contribution in [-0.2, 0) is 9.47 Å². The molecule has 0 aromatic carbocycles. The maximum Gasteiger partial charge on any atom is 0.415 e. The topological polar surface area (TPSA) is 41.9 Å². The lowest BCUT2D eigenvalue weighted by atomic mass is 10.3. The second-order valence-electron chi connectivity index (χ2n) is 3.18. The molecule has 1 unspecified atom stereocenters. The highest BCUT2D eigenvalue weighted by molar-refractivity contribution is 4.69. The highest BCUT2D eigenvalue weighted by atomic mass is 19.4. The van der Waals surface area contributed by atoms with Gasteiger partial charge in [-0.25, -0.2) is 0 Å². The molecule has 1 N–H and O–H groups in total. The van der Waals surface area contributed by atoms with E-state index in [2.05, 4.69) is 0 Å². The number of likely N-dealkylation sites (N-methyl/N-ethyl adjacent to an activating group) is 1. The van der Waals surface area contributed by atoms with Crippen molar-refractivity contribution in [3.63, 3.8) is 0 Å². The molecule has 0 saturated carbocycles. The predicted molar refractivity (Wildman–Crippen MR) is 47.4 cm³/mol. The molecule has 4 nitrogen and oxygen atoms in total. The zero-order valence-electron chi connectivity index (χ0n) is 8.91. The summed E-state index contributed by atoms with van der Waals surface area (Å²) in [6.45, 7) is -0.354. The Bertz CT molecular complexity index is 173. The first-order valence-electron chi connectivity index (χ1n) is 4.30. The molecule has 0 rings (SSSR count). The normalized spacial score (nSPS) is 15.0. The number of rotatable bonds is 6. The lowest BCUT2D eigenvalue weighted by Gasteiger charge is -2.25. The highest BCUT2D eigenvalue weighted by Gasteiger charge is 2.38. The molecule has 7 heteroatoms. The number of ether oxygens (including phenoxy) is 2. The fraction of sp³-hybridized carbons (Fsp3) is 1.00. The van der Waals surface area contributed by atoms with E-state index in [0.29, 0.717) is 0 Å². The molecule has 0 saturated heterocycles. The van der Waals surface area contributed by atoms with E-state index in [0.717, 1.165) is 0 Å². The highest BCUT2D eigenvalue weighted by Crippen LogP contribution is 2.20. The van der Waals surface area contributed by atoms with Crippen LogP contribution in [0.5, 0.6) is 0 Å². The molecular formula is C8H16F3NO3. The van der Waals surface area contributed by atoms with Crippen molar-refractivity contribution in [2.45, 2.75) is 18.6 Å². The summed E-state index contributed by atoms with van der Waals surface area (Å²) in [5.41, 5.74) is 0. The molecule has 0 aliphatic rings. The van der Waals surface area contributed by atoms with Gasteiger partial charge in [0, 0.05) is 27.3 Å². The summed E-state index contributed by atoms with van der Waals surface area (Å²) in [6, 6.07) is 0. The van der Waals surface area contributed by atoms with Crippen molar-refractivity contribution in [1.82, 2.24) is 4.90 Å². The predicted octanol–water partition coefficient (Wildman–Crippen LogP) is 0.460. The van der Waals surface area contributed by atoms with Crippen LogP contribution in [0.25, 0.3) is 0 Å². The lowest BCUT2D eigenvalue weighted by molar-refractivity contribution is -0.210. The van der Waals surface area contributed by atoms with Gasteiger partial charge in [-0.15, -0.1) is 0 Å². The Morgan fingerprint density at radius 2 is 1.67 bits per heavy atom. The summed E-state index contributed by atoms with van der Waals surface area (Å²) in [7, 11) is 4.23. The van der Waals surface area contributed by atoms with E-state index in [1.54, 1.807) is 0 Å². The summed E-state index contributed by atoms with van der Waals surface area (Å²) < 4.78 is 45.5. The number of halogens is 3. The van der Waals surface area contributed by atoms with Gasteiger partial charge >= 0.3 is 6.18 Å². The molecule has 0 aliphatic carbocycles. The molecule has 0 radical (unpaired) electrons. The van der Waals surface area contributed by atoms with Gasteiger partial charge in [0.25, 0.3) is 0 Å². The van der Waals surface area contributed by atoms with Crippen molar-refractivity contribution in [3.8, 4) is 0 Å². The Hall–Kier alpha value is -0.370. The summed E-state index contributed by atoms with van der Waals surface area (Å²) in [6.07, 6.45) is -7.54. The molecule has 0 bridgehead atoms. The average molecular weight is 231 g/mol. The van der Waals surface area contributed by atoms with Crippen LogP contribution < -0.4 is 0 Å². The second-order valence-corrected chi connectivity index (χ2v) is 3.18. The van der Waals surface area contributed by atoms with Crippen molar-refractivity contribution in [3.05, 3.63) is 0 Å². The van der Waals surface area contributed by atoms with Crippen molar-refractivity contribution < 1.29 is 27.8 Å². The summed E-state index contributed by atoms with van der Waals surface area (Å²) in [5.74, 6) is 0. The van der Waals surface area contributed by atoms with Crippen molar-refractivity contribution >= 4 is 0 Å². The van der Waals surface area contributed by atoms with Crippen molar-refractivity contribution in [2.75, 3.05) is 34.4 Å². The largest absolute Gasteiger partial charge is 0.415 e. The van der Waals surface area contributed by atoms with Gasteiger partial charge in [-0.1, -0.05) is 0 Å². The first-order chi connectivity index (χ1) is 6.81. The van der Waals surface area contributed by atoms with E-state index >= 15 is 0 Å². The Balaban J connectivity index is 3.97. The van der Waals surface area contributed by atoms with Crippen LogP contribution >= 0.6 is 0 Å². The minimum Gasteiger partial charge on any atom is -0.382 e. The number of aliphatic hydroxyl groups excluding tert-OH is 1. The molecule has 15 heavy (non-hydrogen) atoms. The Morgan fingerprint density at radius 1 is 1.20 bits per heavy atom. The summed E-state index contributed by atoms with van der Waals surface area (Å²) in [4.78, 5) is 1.29. The van der Waals surface area contributed by atoms with Crippen LogP contribution in [0.2, 0.25) is 0 Å². The minimum atomic E-state index is -4.59. The first kappa shape index (κ1) is 14.6. The lowest BCUT2D eigenvalue weighted by Crippen LogP contribution is -2.42. The average Bonchev–Trinajstić information content (AvgIpc) is 2.12. The van der Waals surface area contributed by atoms with Gasteiger partial charge in [0.2, 0.25) is 0 Å². The number of hydrogen-bond donors (Lipinski definition) is 1. The summed E-state index contributed by atoms with van der Waals surface area (Å²) >= 11 is 0. The Kier molecular flexibility index (Phi) is 6.11. The van der Waals surface area contributed by atoms with E-state index in [1.165, 1.54) is 26.2 Å². The fourth-order valence-corrected chi connectivity index (χ4v) is 0.973. The van der Waals surface area contributed by atoms with Gasteiger partial charge in [-0.3, -0.25) is 4.90 Å². The maximum atomic E-state index is 12.0. The minimum absolute atomic E-state index is 0.153. The van der Waals surface area contributed by atoms with E-state index in [-0.39, 0.29) is 6.54 Å². The molecule has 0 aromatic rings. The van der Waals surface area contributed by atoms with Gasteiger partial charge in [0.05, 0.1) is 0 Å². The third-order valence-electron chi connectivity index (χ3n) is 1.85. The molecule has 0 aromatic heterocycles. The van der Waals surface area contributed by atoms with Gasteiger partial charge in [0.1, 0.15) is 0 Å². The van der Waals surface area contributed by atoms with Gasteiger partial charge in [0.15, 0.2) is 12.4 Å². The Morgan fingerprint density at radius 3 is 2.00 bits per heavy atom. The van der Waals surface area contributed by atoms with Gasteiger partial charge < -0.3 is 14.6 Å². The third-order valence-corrected chi connectivity index (χ3v) is 1.85. The van der Waals surface area contributed by atoms with Crippen LogP contribution in [0.1, 0.15) is 0 Å². The molecule has 0 spiro atoms. The molecule has 0 fully saturated rings. The van der Waals surface area contributed by atoms with Crippen LogP contribution in [-0.4, -0.2) is 62.9 Å². The summed E-state index contributed by atoms with van der Waals surface area (Å²) in [5, 5.41) is 8.77. The quantitative estimate of drug-likeness (QED) is 0.674. The number of alkyl halides is 3. The Labute approximate surface area is 86.6 Å². The van der Waals surface area contributed by atoms with E-state index in [9.17, 15) is 13.2 Å². The maximum absolute atomic E-state index is 12.0. The van der Waals surface area contributed by atoms with E-state index in [4.69, 9.17) is 14.6 Å². The molecule has 0 amide bonds. The van der Waals surface area contributed by atoms with Crippen molar-refractivity contribution in [1.29, 1.82) is 0 Å². The van der Waals surface area contributed by atoms with Crippen LogP contribution in [0.15, 0.2) is 0 Å². The van der Waals surface area contributed by atoms with E-state index in [1.807, 2.05) is 0 Å². The van der Waals surface area contributed by atoms with Gasteiger partial charge in [-0.05, 0) is 7.05 Å². The third kappa shape index (κ3) is 5.93.